The first-order valence-corrected chi connectivity index (χ1v) is 9.17. The highest BCUT2D eigenvalue weighted by molar-refractivity contribution is 5.89. The minimum absolute atomic E-state index is 0.237. The Kier molecular flexibility index (Phi) is 7.01. The van der Waals surface area contributed by atoms with Gasteiger partial charge in [-0.25, -0.2) is 14.2 Å². The third-order valence-corrected chi connectivity index (χ3v) is 4.09. The molecule has 2 N–H and O–H groups in total. The van der Waals surface area contributed by atoms with Crippen LogP contribution in [0.4, 0.5) is 14.9 Å². The lowest BCUT2D eigenvalue weighted by molar-refractivity contribution is 0.252. The lowest BCUT2D eigenvalue weighted by Gasteiger charge is -2.10. The summed E-state index contributed by atoms with van der Waals surface area (Å²) in [5, 5.41) is 5.67. The second kappa shape index (κ2) is 10.1. The second-order valence-corrected chi connectivity index (χ2v) is 6.33. The third kappa shape index (κ3) is 6.42. The molecule has 6 nitrogen and oxygen atoms in total. The molecular formula is C21H23FN4O2. The number of amides is 2. The van der Waals surface area contributed by atoms with Crippen molar-refractivity contribution >= 4 is 11.7 Å². The lowest BCUT2D eigenvalue weighted by Crippen LogP contribution is -2.29. The standard InChI is InChI=1S/C21H23FN4O2/c22-18-6-8-20(9-7-18)28-15-17-4-3-5-19(14-17)25-21(27)24-10-1-2-12-26-13-11-23-16-26/h3-9,11,13-14,16H,1-2,10,12,15H2,(H2,24,25,27). The van der Waals surface area contributed by atoms with E-state index in [0.717, 1.165) is 24.9 Å². The Morgan fingerprint density at radius 2 is 2.00 bits per heavy atom. The molecule has 7 heteroatoms. The zero-order valence-corrected chi connectivity index (χ0v) is 15.5. The molecule has 0 aliphatic carbocycles. The van der Waals surface area contributed by atoms with Gasteiger partial charge in [-0.1, -0.05) is 12.1 Å². The fourth-order valence-electron chi connectivity index (χ4n) is 2.65. The van der Waals surface area contributed by atoms with E-state index in [9.17, 15) is 9.18 Å². The van der Waals surface area contributed by atoms with Gasteiger partial charge in [0, 0.05) is 31.2 Å². The van der Waals surface area contributed by atoms with Gasteiger partial charge in [-0.2, -0.15) is 0 Å². The smallest absolute Gasteiger partial charge is 0.319 e. The molecular weight excluding hydrogens is 359 g/mol. The summed E-state index contributed by atoms with van der Waals surface area (Å²) in [7, 11) is 0. The van der Waals surface area contributed by atoms with Gasteiger partial charge in [-0.05, 0) is 54.8 Å². The van der Waals surface area contributed by atoms with E-state index < -0.39 is 0 Å². The van der Waals surface area contributed by atoms with E-state index in [1.54, 1.807) is 24.7 Å². The number of rotatable bonds is 9. The van der Waals surface area contributed by atoms with Crippen molar-refractivity contribution in [1.29, 1.82) is 0 Å². The molecule has 1 heterocycles. The van der Waals surface area contributed by atoms with Gasteiger partial charge in [0.15, 0.2) is 0 Å². The normalized spacial score (nSPS) is 10.5. The van der Waals surface area contributed by atoms with Crippen molar-refractivity contribution in [3.05, 3.63) is 78.6 Å². The van der Waals surface area contributed by atoms with Gasteiger partial charge in [0.1, 0.15) is 18.2 Å². The number of carbonyl (C=O) groups excluding carboxylic acids is 1. The topological polar surface area (TPSA) is 68.2 Å². The molecule has 0 spiro atoms. The van der Waals surface area contributed by atoms with Crippen LogP contribution in [0, 0.1) is 5.82 Å². The van der Waals surface area contributed by atoms with E-state index >= 15 is 0 Å². The van der Waals surface area contributed by atoms with Crippen molar-refractivity contribution in [1.82, 2.24) is 14.9 Å². The molecule has 0 fully saturated rings. The predicted molar refractivity (Wildman–Crippen MR) is 106 cm³/mol. The minimum atomic E-state index is -0.300. The maximum atomic E-state index is 12.9. The molecule has 2 amide bonds. The van der Waals surface area contributed by atoms with Crippen LogP contribution in [0.25, 0.3) is 0 Å². The number of ether oxygens (including phenoxy) is 1. The Balaban J connectivity index is 1.38. The fraction of sp³-hybridized carbons (Fsp3) is 0.238. The van der Waals surface area contributed by atoms with Crippen LogP contribution in [0.15, 0.2) is 67.3 Å². The van der Waals surface area contributed by atoms with E-state index in [1.807, 2.05) is 35.0 Å². The maximum absolute atomic E-state index is 12.9. The van der Waals surface area contributed by atoms with E-state index in [1.165, 1.54) is 12.1 Å². The average Bonchev–Trinajstić information content (AvgIpc) is 3.21. The van der Waals surface area contributed by atoms with Crippen molar-refractivity contribution in [2.75, 3.05) is 11.9 Å². The Morgan fingerprint density at radius 1 is 1.14 bits per heavy atom. The zero-order valence-electron chi connectivity index (χ0n) is 15.5. The molecule has 0 aliphatic heterocycles. The molecule has 2 aromatic carbocycles. The van der Waals surface area contributed by atoms with Crippen LogP contribution < -0.4 is 15.4 Å². The maximum Gasteiger partial charge on any atom is 0.319 e. The van der Waals surface area contributed by atoms with E-state index in [4.69, 9.17) is 4.74 Å². The van der Waals surface area contributed by atoms with Gasteiger partial charge < -0.3 is 19.9 Å². The number of carbonyl (C=O) groups is 1. The second-order valence-electron chi connectivity index (χ2n) is 6.33. The number of hydrogen-bond donors (Lipinski definition) is 2. The van der Waals surface area contributed by atoms with Crippen LogP contribution in [-0.2, 0) is 13.2 Å². The summed E-state index contributed by atoms with van der Waals surface area (Å²) >= 11 is 0. The van der Waals surface area contributed by atoms with Crippen molar-refractivity contribution in [3.8, 4) is 5.75 Å². The summed E-state index contributed by atoms with van der Waals surface area (Å²) in [4.78, 5) is 16.0. The van der Waals surface area contributed by atoms with E-state index in [-0.39, 0.29) is 11.8 Å². The number of imidazole rings is 1. The number of unbranched alkanes of at least 4 members (excludes halogenated alkanes) is 1. The van der Waals surface area contributed by atoms with E-state index in [2.05, 4.69) is 15.6 Å². The average molecular weight is 382 g/mol. The number of urea groups is 1. The molecule has 0 aliphatic rings. The first-order valence-electron chi connectivity index (χ1n) is 9.17. The summed E-state index contributed by atoms with van der Waals surface area (Å²) in [6.45, 7) is 1.82. The molecule has 146 valence electrons. The molecule has 1 aromatic heterocycles. The van der Waals surface area contributed by atoms with Crippen LogP contribution >= 0.6 is 0 Å². The SMILES string of the molecule is O=C(NCCCCn1ccnc1)Nc1cccc(COc2ccc(F)cc2)c1. The van der Waals surface area contributed by atoms with Crippen LogP contribution in [0.2, 0.25) is 0 Å². The van der Waals surface area contributed by atoms with Crippen LogP contribution in [0.3, 0.4) is 0 Å². The quantitative estimate of drug-likeness (QED) is 0.545. The summed E-state index contributed by atoms with van der Waals surface area (Å²) in [6, 6.07) is 13.1. The van der Waals surface area contributed by atoms with Gasteiger partial charge in [-0.15, -0.1) is 0 Å². The number of halogens is 1. The Bertz CT molecular complexity index is 866. The molecule has 0 unspecified atom stereocenters. The minimum Gasteiger partial charge on any atom is -0.489 e. The van der Waals surface area contributed by atoms with E-state index in [0.29, 0.717) is 24.6 Å². The lowest BCUT2D eigenvalue weighted by atomic mass is 10.2. The number of anilines is 1. The highest BCUT2D eigenvalue weighted by atomic mass is 19.1. The zero-order chi connectivity index (χ0) is 19.6. The highest BCUT2D eigenvalue weighted by Gasteiger charge is 2.03. The van der Waals surface area contributed by atoms with Crippen molar-refractivity contribution in [2.24, 2.45) is 0 Å². The summed E-state index contributed by atoms with van der Waals surface area (Å²) in [5.74, 6) is 0.291. The molecule has 0 radical (unpaired) electrons. The molecule has 0 bridgehead atoms. The number of nitrogens with one attached hydrogen (secondary N) is 2. The monoisotopic (exact) mass is 382 g/mol. The molecule has 0 saturated heterocycles. The summed E-state index contributed by atoms with van der Waals surface area (Å²) in [6.07, 6.45) is 7.31. The van der Waals surface area contributed by atoms with Gasteiger partial charge >= 0.3 is 6.03 Å². The van der Waals surface area contributed by atoms with Gasteiger partial charge in [-0.3, -0.25) is 0 Å². The first kappa shape index (κ1) is 19.4. The molecule has 28 heavy (non-hydrogen) atoms. The number of benzene rings is 2. The number of aromatic nitrogens is 2. The Hall–Kier alpha value is -3.35. The number of aryl methyl sites for hydroxylation is 1. The van der Waals surface area contributed by atoms with Gasteiger partial charge in [0.25, 0.3) is 0 Å². The van der Waals surface area contributed by atoms with Gasteiger partial charge in [0.05, 0.1) is 6.33 Å². The summed E-state index contributed by atoms with van der Waals surface area (Å²) in [5.41, 5.74) is 1.60. The molecule has 3 aromatic rings. The Labute approximate surface area is 163 Å². The van der Waals surface area contributed by atoms with Crippen LogP contribution in [0.5, 0.6) is 5.75 Å². The molecule has 0 atom stereocenters. The fourth-order valence-corrected chi connectivity index (χ4v) is 2.65. The number of nitrogens with zero attached hydrogens (tertiary/aromatic N) is 2. The first-order chi connectivity index (χ1) is 13.7. The number of hydrogen-bond acceptors (Lipinski definition) is 3. The predicted octanol–water partition coefficient (Wildman–Crippen LogP) is 4.20. The summed E-state index contributed by atoms with van der Waals surface area (Å²) < 4.78 is 20.6. The van der Waals surface area contributed by atoms with Crippen molar-refractivity contribution in [3.63, 3.8) is 0 Å². The molecule has 0 saturated carbocycles. The van der Waals surface area contributed by atoms with Crippen LogP contribution in [0.1, 0.15) is 18.4 Å². The largest absolute Gasteiger partial charge is 0.489 e. The highest BCUT2D eigenvalue weighted by Crippen LogP contribution is 2.16. The Morgan fingerprint density at radius 3 is 2.79 bits per heavy atom. The van der Waals surface area contributed by atoms with Crippen LogP contribution in [-0.4, -0.2) is 22.1 Å². The molecule has 3 rings (SSSR count). The van der Waals surface area contributed by atoms with Crippen molar-refractivity contribution in [2.45, 2.75) is 26.0 Å². The van der Waals surface area contributed by atoms with Gasteiger partial charge in [0.2, 0.25) is 0 Å². The van der Waals surface area contributed by atoms with Crippen molar-refractivity contribution < 1.29 is 13.9 Å². The third-order valence-electron chi connectivity index (χ3n) is 4.09.